The Bertz CT molecular complexity index is 889. The molecule has 0 amide bonds. The van der Waals surface area contributed by atoms with Crippen molar-refractivity contribution in [2.24, 2.45) is 10.9 Å². The smallest absolute Gasteiger partial charge is 0.315 e. The molecule has 2 atom stereocenters. The van der Waals surface area contributed by atoms with Crippen LogP contribution < -0.4 is 4.74 Å². The van der Waals surface area contributed by atoms with E-state index in [9.17, 15) is 14.7 Å². The summed E-state index contributed by atoms with van der Waals surface area (Å²) in [5, 5.41) is 10.2. The van der Waals surface area contributed by atoms with E-state index in [1.165, 1.54) is 7.11 Å². The first-order chi connectivity index (χ1) is 13.9. The van der Waals surface area contributed by atoms with Crippen molar-refractivity contribution >= 4 is 29.1 Å². The molecule has 3 rings (SSSR count). The zero-order valence-corrected chi connectivity index (χ0v) is 17.7. The summed E-state index contributed by atoms with van der Waals surface area (Å²) in [6.45, 7) is 4.14. The Kier molecular flexibility index (Phi) is 6.63. The maximum Gasteiger partial charge on any atom is 0.315 e. The number of ether oxygens (including phenoxy) is 2. The quantitative estimate of drug-likeness (QED) is 0.538. The van der Waals surface area contributed by atoms with Crippen molar-refractivity contribution in [3.05, 3.63) is 34.0 Å². The number of carbonyl (C=O) groups excluding carboxylic acids is 2. The summed E-state index contributed by atoms with van der Waals surface area (Å²) in [5.74, 6) is -1.70. The molecule has 1 unspecified atom stereocenters. The zero-order chi connectivity index (χ0) is 21.1. The molecule has 0 saturated heterocycles. The van der Waals surface area contributed by atoms with E-state index in [1.807, 2.05) is 6.92 Å². The second kappa shape index (κ2) is 8.99. The lowest BCUT2D eigenvalue weighted by Crippen LogP contribution is -2.37. The molecule has 1 N–H and O–H groups in total. The third kappa shape index (κ3) is 4.17. The number of methoxy groups -OCH3 is 1. The lowest BCUT2D eigenvalue weighted by Gasteiger charge is -2.34. The third-order valence-electron chi connectivity index (χ3n) is 5.46. The highest BCUT2D eigenvalue weighted by atomic mass is 35.5. The molecule has 0 spiro atoms. The summed E-state index contributed by atoms with van der Waals surface area (Å²) in [4.78, 5) is 30.5. The summed E-state index contributed by atoms with van der Waals surface area (Å²) in [7, 11) is 1.43. The lowest BCUT2D eigenvalue weighted by atomic mass is 9.71. The molecule has 29 heavy (non-hydrogen) atoms. The molecule has 1 aromatic carbocycles. The molecule has 0 saturated carbocycles. The number of aromatic hydroxyl groups is 1. The van der Waals surface area contributed by atoms with Gasteiger partial charge in [0.1, 0.15) is 5.92 Å². The van der Waals surface area contributed by atoms with Gasteiger partial charge in [0.05, 0.1) is 18.7 Å². The number of Topliss-reactive ketones (excluding diaryl/α,β-unsaturated/α-hetero) is 1. The number of phenolic OH excluding ortho intramolecular Hbond substituents is 1. The van der Waals surface area contributed by atoms with Gasteiger partial charge in [0.2, 0.25) is 0 Å². The normalized spacial score (nSPS) is 21.5. The number of rotatable bonds is 6. The largest absolute Gasteiger partial charge is 0.503 e. The number of benzene rings is 1. The van der Waals surface area contributed by atoms with Crippen LogP contribution in [-0.4, -0.2) is 36.3 Å². The highest BCUT2D eigenvalue weighted by Crippen LogP contribution is 2.46. The van der Waals surface area contributed by atoms with Crippen LogP contribution in [0.4, 0.5) is 0 Å². The van der Waals surface area contributed by atoms with Crippen molar-refractivity contribution in [1.82, 2.24) is 0 Å². The molecule has 0 fully saturated rings. The van der Waals surface area contributed by atoms with E-state index < -0.39 is 17.8 Å². The topological polar surface area (TPSA) is 85.2 Å². The number of phenols is 1. The van der Waals surface area contributed by atoms with E-state index >= 15 is 0 Å². The van der Waals surface area contributed by atoms with Crippen molar-refractivity contribution in [3.8, 4) is 11.5 Å². The fourth-order valence-electron chi connectivity index (χ4n) is 4.01. The zero-order valence-electron chi connectivity index (χ0n) is 17.0. The summed E-state index contributed by atoms with van der Waals surface area (Å²) in [6.07, 6.45) is 3.53. The van der Waals surface area contributed by atoms with Crippen molar-refractivity contribution in [2.45, 2.75) is 51.9 Å². The van der Waals surface area contributed by atoms with Crippen LogP contribution in [0.25, 0.3) is 0 Å². The van der Waals surface area contributed by atoms with Crippen LogP contribution in [0.15, 0.2) is 28.4 Å². The molecule has 1 aliphatic carbocycles. The van der Waals surface area contributed by atoms with Crippen LogP contribution in [0.2, 0.25) is 5.02 Å². The molecule has 1 aliphatic heterocycles. The number of hydrogen-bond donors (Lipinski definition) is 1. The van der Waals surface area contributed by atoms with E-state index in [-0.39, 0.29) is 22.3 Å². The summed E-state index contributed by atoms with van der Waals surface area (Å²) in [5.41, 5.74) is 2.51. The standard InChI is InChI=1S/C22H26ClNO5/c1-4-5-9-29-22(27)18-12(2)24-15-7-6-8-16(25)20(15)19(18)13-10-14(23)21(26)17(11-13)28-3/h10-11,18-19,26H,4-9H2,1-3H3/t18?,19-/m0/s1. The van der Waals surface area contributed by atoms with Gasteiger partial charge in [-0.2, -0.15) is 0 Å². The number of ketones is 1. The van der Waals surface area contributed by atoms with Gasteiger partial charge in [-0.1, -0.05) is 24.9 Å². The minimum Gasteiger partial charge on any atom is -0.503 e. The summed E-state index contributed by atoms with van der Waals surface area (Å²) >= 11 is 6.22. The number of esters is 1. The second-order valence-corrected chi connectivity index (χ2v) is 7.83. The Morgan fingerprint density at radius 2 is 2.10 bits per heavy atom. The second-order valence-electron chi connectivity index (χ2n) is 7.42. The lowest BCUT2D eigenvalue weighted by molar-refractivity contribution is -0.146. The molecule has 2 aliphatic rings. The number of nitrogens with zero attached hydrogens (tertiary/aromatic N) is 1. The Hall–Kier alpha value is -2.34. The monoisotopic (exact) mass is 419 g/mol. The third-order valence-corrected chi connectivity index (χ3v) is 5.75. The number of carbonyl (C=O) groups is 2. The van der Waals surface area contributed by atoms with E-state index in [2.05, 4.69) is 4.99 Å². The number of allylic oxidation sites excluding steroid dienone is 2. The molecule has 156 valence electrons. The molecule has 7 heteroatoms. The number of halogens is 1. The molecule has 6 nitrogen and oxygen atoms in total. The Labute approximate surface area is 175 Å². The highest BCUT2D eigenvalue weighted by molar-refractivity contribution is 6.32. The average Bonchev–Trinajstić information content (AvgIpc) is 2.69. The molecule has 0 aromatic heterocycles. The van der Waals surface area contributed by atoms with E-state index in [0.717, 1.165) is 25.0 Å². The van der Waals surface area contributed by atoms with Gasteiger partial charge in [0.25, 0.3) is 0 Å². The Morgan fingerprint density at radius 1 is 1.34 bits per heavy atom. The fraction of sp³-hybridized carbons (Fsp3) is 0.500. The minimum atomic E-state index is -0.724. The first-order valence-corrected chi connectivity index (χ1v) is 10.3. The average molecular weight is 420 g/mol. The van der Waals surface area contributed by atoms with Gasteiger partial charge in [-0.15, -0.1) is 0 Å². The van der Waals surface area contributed by atoms with Gasteiger partial charge in [-0.05, 0) is 43.9 Å². The molecule has 1 aromatic rings. The minimum absolute atomic E-state index is 0.0120. The number of aliphatic imine (C=N–C) groups is 1. The van der Waals surface area contributed by atoms with Crippen LogP contribution in [0.1, 0.15) is 57.4 Å². The van der Waals surface area contributed by atoms with Crippen molar-refractivity contribution < 1.29 is 24.2 Å². The molecular weight excluding hydrogens is 394 g/mol. The van der Waals surface area contributed by atoms with Gasteiger partial charge in [0, 0.05) is 29.3 Å². The molecule has 0 radical (unpaired) electrons. The number of unbranched alkanes of at least 4 members (excludes halogenated alkanes) is 1. The van der Waals surface area contributed by atoms with Crippen LogP contribution in [0.5, 0.6) is 11.5 Å². The van der Waals surface area contributed by atoms with Crippen LogP contribution >= 0.6 is 11.6 Å². The molecule has 0 bridgehead atoms. The predicted octanol–water partition coefficient (Wildman–Crippen LogP) is 4.58. The van der Waals surface area contributed by atoms with E-state index in [4.69, 9.17) is 21.1 Å². The first kappa shape index (κ1) is 21.4. The highest BCUT2D eigenvalue weighted by Gasteiger charge is 2.43. The SMILES string of the molecule is CCCCOC(=O)C1C(C)=NC2=C(C(=O)CCC2)[C@H]1c1cc(Cl)c(O)c(OC)c1. The van der Waals surface area contributed by atoms with Gasteiger partial charge in [0.15, 0.2) is 17.3 Å². The van der Waals surface area contributed by atoms with Gasteiger partial charge in [-0.25, -0.2) is 0 Å². The van der Waals surface area contributed by atoms with Crippen molar-refractivity contribution in [3.63, 3.8) is 0 Å². The predicted molar refractivity (Wildman–Crippen MR) is 111 cm³/mol. The van der Waals surface area contributed by atoms with E-state index in [1.54, 1.807) is 19.1 Å². The van der Waals surface area contributed by atoms with Gasteiger partial charge >= 0.3 is 5.97 Å². The fourth-order valence-corrected chi connectivity index (χ4v) is 4.23. The van der Waals surface area contributed by atoms with Gasteiger partial charge in [-0.3, -0.25) is 14.6 Å². The maximum atomic E-state index is 13.0. The summed E-state index contributed by atoms with van der Waals surface area (Å²) < 4.78 is 10.7. The Morgan fingerprint density at radius 3 is 2.79 bits per heavy atom. The summed E-state index contributed by atoms with van der Waals surface area (Å²) in [6, 6.07) is 3.21. The van der Waals surface area contributed by atoms with Crippen LogP contribution in [-0.2, 0) is 14.3 Å². The number of hydrogen-bond acceptors (Lipinski definition) is 6. The first-order valence-electron chi connectivity index (χ1n) is 9.93. The van der Waals surface area contributed by atoms with Crippen molar-refractivity contribution in [1.29, 1.82) is 0 Å². The molecular formula is C22H26ClNO5. The van der Waals surface area contributed by atoms with Gasteiger partial charge < -0.3 is 14.6 Å². The van der Waals surface area contributed by atoms with Crippen LogP contribution in [0.3, 0.4) is 0 Å². The van der Waals surface area contributed by atoms with E-state index in [0.29, 0.717) is 36.3 Å². The van der Waals surface area contributed by atoms with Crippen LogP contribution in [0, 0.1) is 5.92 Å². The maximum absolute atomic E-state index is 13.0. The molecule has 1 heterocycles. The van der Waals surface area contributed by atoms with Crippen molar-refractivity contribution in [2.75, 3.05) is 13.7 Å². The Balaban J connectivity index is 2.12.